The zero-order valence-electron chi connectivity index (χ0n) is 12.2. The molecule has 0 bridgehead atoms. The van der Waals surface area contributed by atoms with Crippen molar-refractivity contribution in [3.8, 4) is 0 Å². The van der Waals surface area contributed by atoms with Gasteiger partial charge in [-0.15, -0.1) is 11.8 Å². The molecule has 0 aromatic carbocycles. The number of nitrogens with one attached hydrogen (secondary N) is 1. The molecule has 0 aromatic heterocycles. The normalized spacial score (nSPS) is 13.4. The number of hydrogen-bond acceptors (Lipinski definition) is 5. The summed E-state index contributed by atoms with van der Waals surface area (Å²) in [4.78, 5) is 11.3. The molecule has 1 atom stereocenters. The number of methoxy groups -OCH3 is 1. The fourth-order valence-electron chi connectivity index (χ4n) is 1.43. The third-order valence-electron chi connectivity index (χ3n) is 2.82. The average molecular weight is 277 g/mol. The second kappa shape index (κ2) is 9.64. The van der Waals surface area contributed by atoms with E-state index in [9.17, 15) is 4.79 Å². The first-order valence-corrected chi connectivity index (χ1v) is 7.65. The number of carbonyl (C=O) groups is 1. The van der Waals surface area contributed by atoms with E-state index in [1.54, 1.807) is 18.9 Å². The standard InChI is InChI=1S/C13H27NO3S/c1-6-8-14-11(13(3,4)16-5)9-18-10-12(15)17-7-2/h11,14H,6-10H2,1-5H3. The third kappa shape index (κ3) is 7.24. The molecule has 0 rings (SSSR count). The molecule has 108 valence electrons. The highest BCUT2D eigenvalue weighted by molar-refractivity contribution is 7.99. The van der Waals surface area contributed by atoms with E-state index in [2.05, 4.69) is 26.1 Å². The molecular formula is C13H27NO3S. The van der Waals surface area contributed by atoms with Crippen molar-refractivity contribution in [1.82, 2.24) is 5.32 Å². The Morgan fingerprint density at radius 1 is 1.39 bits per heavy atom. The molecule has 0 aliphatic rings. The van der Waals surface area contributed by atoms with Crippen molar-refractivity contribution >= 4 is 17.7 Å². The van der Waals surface area contributed by atoms with Crippen LogP contribution in [0, 0.1) is 0 Å². The quantitative estimate of drug-likeness (QED) is 0.620. The molecule has 4 nitrogen and oxygen atoms in total. The molecule has 1 N–H and O–H groups in total. The maximum atomic E-state index is 11.3. The molecule has 0 saturated carbocycles. The summed E-state index contributed by atoms with van der Waals surface area (Å²) in [6.07, 6.45) is 1.08. The van der Waals surface area contributed by atoms with E-state index >= 15 is 0 Å². The lowest BCUT2D eigenvalue weighted by Crippen LogP contribution is -2.50. The molecule has 1 unspecified atom stereocenters. The van der Waals surface area contributed by atoms with Gasteiger partial charge in [-0.2, -0.15) is 0 Å². The van der Waals surface area contributed by atoms with Gasteiger partial charge in [0.25, 0.3) is 0 Å². The topological polar surface area (TPSA) is 47.6 Å². The fraction of sp³-hybridized carbons (Fsp3) is 0.923. The number of hydrogen-bond donors (Lipinski definition) is 1. The third-order valence-corrected chi connectivity index (χ3v) is 3.82. The summed E-state index contributed by atoms with van der Waals surface area (Å²) in [5.41, 5.74) is -0.239. The van der Waals surface area contributed by atoms with Crippen LogP contribution in [-0.2, 0) is 14.3 Å². The Morgan fingerprint density at radius 3 is 2.56 bits per heavy atom. The first-order valence-electron chi connectivity index (χ1n) is 6.49. The van der Waals surface area contributed by atoms with E-state index in [1.165, 1.54) is 0 Å². The summed E-state index contributed by atoms with van der Waals surface area (Å²) in [6, 6.07) is 0.224. The largest absolute Gasteiger partial charge is 0.465 e. The minimum Gasteiger partial charge on any atom is -0.465 e. The van der Waals surface area contributed by atoms with Crippen molar-refractivity contribution in [3.63, 3.8) is 0 Å². The summed E-state index contributed by atoms with van der Waals surface area (Å²) in [6.45, 7) is 9.48. The first-order chi connectivity index (χ1) is 8.47. The van der Waals surface area contributed by atoms with Crippen molar-refractivity contribution < 1.29 is 14.3 Å². The highest BCUT2D eigenvalue weighted by atomic mass is 32.2. The molecule has 0 aromatic rings. The van der Waals surface area contributed by atoms with E-state index in [-0.39, 0.29) is 17.6 Å². The maximum absolute atomic E-state index is 11.3. The summed E-state index contributed by atoms with van der Waals surface area (Å²) in [5.74, 6) is 1.09. The molecule has 0 aliphatic heterocycles. The number of carbonyl (C=O) groups excluding carboxylic acids is 1. The molecule has 0 aliphatic carbocycles. The molecule has 5 heteroatoms. The van der Waals surface area contributed by atoms with Gasteiger partial charge in [0.1, 0.15) is 0 Å². The monoisotopic (exact) mass is 277 g/mol. The van der Waals surface area contributed by atoms with Gasteiger partial charge in [0.2, 0.25) is 0 Å². The Kier molecular flexibility index (Phi) is 9.50. The number of ether oxygens (including phenoxy) is 2. The van der Waals surface area contributed by atoms with Crippen molar-refractivity contribution in [1.29, 1.82) is 0 Å². The number of thioether (sulfide) groups is 1. The van der Waals surface area contributed by atoms with Crippen LogP contribution >= 0.6 is 11.8 Å². The van der Waals surface area contributed by atoms with Crippen LogP contribution in [0.5, 0.6) is 0 Å². The Morgan fingerprint density at radius 2 is 2.06 bits per heavy atom. The summed E-state index contributed by atoms with van der Waals surface area (Å²) >= 11 is 1.59. The van der Waals surface area contributed by atoms with Gasteiger partial charge in [-0.05, 0) is 33.7 Å². The molecule has 0 amide bonds. The predicted molar refractivity (Wildman–Crippen MR) is 77.1 cm³/mol. The van der Waals surface area contributed by atoms with Crippen LogP contribution in [0.15, 0.2) is 0 Å². The minimum atomic E-state index is -0.239. The molecule has 0 fully saturated rings. The van der Waals surface area contributed by atoms with Gasteiger partial charge in [-0.25, -0.2) is 0 Å². The Bertz CT molecular complexity index is 234. The van der Waals surface area contributed by atoms with Gasteiger partial charge in [0, 0.05) is 18.9 Å². The van der Waals surface area contributed by atoms with E-state index in [4.69, 9.17) is 9.47 Å². The van der Waals surface area contributed by atoms with E-state index in [1.807, 2.05) is 6.92 Å². The van der Waals surface area contributed by atoms with Gasteiger partial charge >= 0.3 is 5.97 Å². The second-order valence-electron chi connectivity index (χ2n) is 4.63. The zero-order chi connectivity index (χ0) is 14.0. The van der Waals surface area contributed by atoms with Gasteiger partial charge in [-0.1, -0.05) is 6.92 Å². The summed E-state index contributed by atoms with van der Waals surface area (Å²) in [5, 5.41) is 3.47. The first kappa shape index (κ1) is 17.7. The lowest BCUT2D eigenvalue weighted by molar-refractivity contribution is -0.139. The van der Waals surface area contributed by atoms with Gasteiger partial charge in [0.05, 0.1) is 18.0 Å². The van der Waals surface area contributed by atoms with E-state index < -0.39 is 0 Å². The van der Waals surface area contributed by atoms with Crippen LogP contribution in [0.3, 0.4) is 0 Å². The van der Waals surface area contributed by atoms with Crippen LogP contribution in [0.1, 0.15) is 34.1 Å². The molecule has 0 spiro atoms. The Hall–Kier alpha value is -0.260. The number of rotatable bonds is 10. The molecule has 0 radical (unpaired) electrons. The van der Waals surface area contributed by atoms with Crippen molar-refractivity contribution in [2.75, 3.05) is 31.8 Å². The summed E-state index contributed by atoms with van der Waals surface area (Å²) in [7, 11) is 1.72. The van der Waals surface area contributed by atoms with Crippen molar-refractivity contribution in [2.45, 2.75) is 45.8 Å². The van der Waals surface area contributed by atoms with E-state index in [0.717, 1.165) is 18.7 Å². The highest BCUT2D eigenvalue weighted by Gasteiger charge is 2.28. The maximum Gasteiger partial charge on any atom is 0.315 e. The Labute approximate surface area is 115 Å². The van der Waals surface area contributed by atoms with Crippen LogP contribution in [0.2, 0.25) is 0 Å². The molecule has 18 heavy (non-hydrogen) atoms. The number of esters is 1. The smallest absolute Gasteiger partial charge is 0.315 e. The fourth-order valence-corrected chi connectivity index (χ4v) is 2.55. The highest BCUT2D eigenvalue weighted by Crippen LogP contribution is 2.18. The van der Waals surface area contributed by atoms with Crippen LogP contribution in [0.25, 0.3) is 0 Å². The van der Waals surface area contributed by atoms with Crippen LogP contribution < -0.4 is 5.32 Å². The second-order valence-corrected chi connectivity index (χ2v) is 5.66. The van der Waals surface area contributed by atoms with Crippen LogP contribution in [-0.4, -0.2) is 49.4 Å². The van der Waals surface area contributed by atoms with Crippen molar-refractivity contribution in [2.24, 2.45) is 0 Å². The van der Waals surface area contributed by atoms with Gasteiger partial charge < -0.3 is 14.8 Å². The SMILES string of the molecule is CCCNC(CSCC(=O)OCC)C(C)(C)OC. The molecule has 0 saturated heterocycles. The zero-order valence-corrected chi connectivity index (χ0v) is 13.1. The van der Waals surface area contributed by atoms with Gasteiger partial charge in [0.15, 0.2) is 0 Å². The van der Waals surface area contributed by atoms with E-state index in [0.29, 0.717) is 12.4 Å². The van der Waals surface area contributed by atoms with Gasteiger partial charge in [-0.3, -0.25) is 4.79 Å². The van der Waals surface area contributed by atoms with Crippen LogP contribution in [0.4, 0.5) is 0 Å². The lowest BCUT2D eigenvalue weighted by Gasteiger charge is -2.33. The molecular weight excluding hydrogens is 250 g/mol. The minimum absolute atomic E-state index is 0.146. The lowest BCUT2D eigenvalue weighted by atomic mass is 10.0. The Balaban J connectivity index is 4.12. The van der Waals surface area contributed by atoms with Crippen molar-refractivity contribution in [3.05, 3.63) is 0 Å². The summed E-state index contributed by atoms with van der Waals surface area (Å²) < 4.78 is 10.4. The molecule has 0 heterocycles. The predicted octanol–water partition coefficient (Wildman–Crippen LogP) is 2.08. The average Bonchev–Trinajstić information content (AvgIpc) is 2.33.